The van der Waals surface area contributed by atoms with Crippen molar-refractivity contribution in [3.8, 4) is 5.69 Å². The Morgan fingerprint density at radius 1 is 1.11 bits per heavy atom. The second-order valence-electron chi connectivity index (χ2n) is 6.43. The average molecular weight is 384 g/mol. The summed E-state index contributed by atoms with van der Waals surface area (Å²) in [4.78, 5) is 20.5. The molecule has 1 aliphatic rings. The number of benzene rings is 1. The maximum absolute atomic E-state index is 11.9. The van der Waals surface area contributed by atoms with Crippen LogP contribution >= 0.6 is 0 Å². The maximum Gasteiger partial charge on any atom is 0.409 e. The maximum atomic E-state index is 11.9. The van der Waals surface area contributed by atoms with E-state index in [2.05, 4.69) is 22.2 Å². The first kappa shape index (κ1) is 19.7. The lowest BCUT2D eigenvalue weighted by molar-refractivity contribution is 0.0914. The van der Waals surface area contributed by atoms with Gasteiger partial charge in [-0.1, -0.05) is 18.2 Å². The molecule has 0 bridgehead atoms. The van der Waals surface area contributed by atoms with Crippen molar-refractivity contribution in [3.63, 3.8) is 0 Å². The first-order valence-electron chi connectivity index (χ1n) is 9.76. The zero-order chi connectivity index (χ0) is 19.8. The summed E-state index contributed by atoms with van der Waals surface area (Å²) in [7, 11) is 0. The van der Waals surface area contributed by atoms with Gasteiger partial charge in [-0.15, -0.1) is 0 Å². The largest absolute Gasteiger partial charge is 0.450 e. The van der Waals surface area contributed by atoms with Crippen molar-refractivity contribution >= 4 is 12.1 Å². The molecule has 0 radical (unpaired) electrons. The summed E-state index contributed by atoms with van der Waals surface area (Å²) in [5.41, 5.74) is 1.93. The van der Waals surface area contributed by atoms with E-state index in [0.717, 1.165) is 37.0 Å². The van der Waals surface area contributed by atoms with E-state index in [9.17, 15) is 4.79 Å². The van der Waals surface area contributed by atoms with Crippen molar-refractivity contribution < 1.29 is 9.53 Å². The summed E-state index contributed by atoms with van der Waals surface area (Å²) >= 11 is 0. The fourth-order valence-corrected chi connectivity index (χ4v) is 3.07. The molecule has 1 saturated heterocycles. The van der Waals surface area contributed by atoms with E-state index < -0.39 is 0 Å². The molecule has 3 rings (SSSR count). The third kappa shape index (κ3) is 5.03. The molecule has 28 heavy (non-hydrogen) atoms. The summed E-state index contributed by atoms with van der Waals surface area (Å²) in [6.07, 6.45) is 1.71. The number of ether oxygens (including phenoxy) is 1. The van der Waals surface area contributed by atoms with Gasteiger partial charge < -0.3 is 19.9 Å². The number of guanidine groups is 1. The molecule has 1 amide bonds. The van der Waals surface area contributed by atoms with Gasteiger partial charge in [-0.2, -0.15) is 5.10 Å². The highest BCUT2D eigenvalue weighted by atomic mass is 16.6. The van der Waals surface area contributed by atoms with Crippen LogP contribution in [0.2, 0.25) is 0 Å². The highest BCUT2D eigenvalue weighted by molar-refractivity contribution is 5.80. The summed E-state index contributed by atoms with van der Waals surface area (Å²) in [5, 5.41) is 7.94. The number of amides is 1. The van der Waals surface area contributed by atoms with Gasteiger partial charge in [0.15, 0.2) is 5.96 Å². The van der Waals surface area contributed by atoms with Crippen molar-refractivity contribution in [1.29, 1.82) is 0 Å². The van der Waals surface area contributed by atoms with Crippen LogP contribution in [-0.2, 0) is 11.3 Å². The highest BCUT2D eigenvalue weighted by Gasteiger charge is 2.23. The van der Waals surface area contributed by atoms with Crippen LogP contribution in [-0.4, -0.2) is 71.0 Å². The van der Waals surface area contributed by atoms with Crippen LogP contribution in [0.3, 0.4) is 0 Å². The van der Waals surface area contributed by atoms with Crippen LogP contribution in [0, 0.1) is 0 Å². The summed E-state index contributed by atoms with van der Waals surface area (Å²) in [6.45, 7) is 8.27. The Labute approximate surface area is 165 Å². The Kier molecular flexibility index (Phi) is 6.89. The van der Waals surface area contributed by atoms with Gasteiger partial charge in [0.25, 0.3) is 0 Å². The predicted molar refractivity (Wildman–Crippen MR) is 109 cm³/mol. The van der Waals surface area contributed by atoms with Crippen molar-refractivity contribution in [3.05, 3.63) is 48.3 Å². The van der Waals surface area contributed by atoms with Crippen molar-refractivity contribution in [1.82, 2.24) is 24.9 Å². The molecular formula is C20H28N6O2. The zero-order valence-electron chi connectivity index (χ0n) is 16.5. The predicted octanol–water partition coefficient (Wildman–Crippen LogP) is 2.11. The quantitative estimate of drug-likeness (QED) is 0.631. The summed E-state index contributed by atoms with van der Waals surface area (Å²) in [6, 6.07) is 12.0. The molecule has 1 fully saturated rings. The molecule has 0 unspecified atom stereocenters. The van der Waals surface area contributed by atoms with Gasteiger partial charge >= 0.3 is 6.09 Å². The fourth-order valence-electron chi connectivity index (χ4n) is 3.07. The number of hydrogen-bond donors (Lipinski definition) is 1. The van der Waals surface area contributed by atoms with Gasteiger partial charge in [-0.05, 0) is 32.0 Å². The molecule has 1 aliphatic heterocycles. The minimum atomic E-state index is -0.240. The van der Waals surface area contributed by atoms with Gasteiger partial charge in [0.1, 0.15) is 0 Å². The Hall–Kier alpha value is -3.03. The lowest BCUT2D eigenvalue weighted by Gasteiger charge is -2.35. The molecule has 1 N–H and O–H groups in total. The number of aliphatic imine (C=N–C) groups is 1. The molecule has 8 nitrogen and oxygen atoms in total. The second-order valence-corrected chi connectivity index (χ2v) is 6.43. The first-order valence-corrected chi connectivity index (χ1v) is 9.76. The Balaban J connectivity index is 1.61. The molecule has 1 aromatic heterocycles. The van der Waals surface area contributed by atoms with Crippen LogP contribution in [0.25, 0.3) is 5.69 Å². The van der Waals surface area contributed by atoms with E-state index in [1.54, 1.807) is 4.90 Å². The standard InChI is InChI=1S/C20H28N6O2/c1-3-21-19(24-12-14-25(15-13-24)20(27)28-4-2)22-16-17-10-11-26(23-17)18-8-6-5-7-9-18/h5-11H,3-4,12-16H2,1-2H3,(H,21,22). The average Bonchev–Trinajstić information content (AvgIpc) is 3.21. The molecule has 2 heterocycles. The molecule has 0 spiro atoms. The fraction of sp³-hybridized carbons (Fsp3) is 0.450. The Morgan fingerprint density at radius 2 is 1.82 bits per heavy atom. The van der Waals surface area contributed by atoms with Gasteiger partial charge in [0, 0.05) is 38.9 Å². The van der Waals surface area contributed by atoms with Gasteiger partial charge in [-0.25, -0.2) is 14.5 Å². The number of para-hydroxylation sites is 1. The molecule has 0 saturated carbocycles. The Morgan fingerprint density at radius 3 is 2.50 bits per heavy atom. The number of aromatic nitrogens is 2. The topological polar surface area (TPSA) is 75.0 Å². The van der Waals surface area contributed by atoms with E-state index in [4.69, 9.17) is 9.73 Å². The number of piperazine rings is 1. The highest BCUT2D eigenvalue weighted by Crippen LogP contribution is 2.09. The number of carbonyl (C=O) groups is 1. The number of hydrogen-bond acceptors (Lipinski definition) is 4. The minimum absolute atomic E-state index is 0.240. The SMILES string of the molecule is CCNC(=NCc1ccn(-c2ccccc2)n1)N1CCN(C(=O)OCC)CC1. The third-order valence-electron chi connectivity index (χ3n) is 4.50. The molecular weight excluding hydrogens is 356 g/mol. The molecule has 2 aromatic rings. The molecule has 8 heteroatoms. The van der Waals surface area contributed by atoms with E-state index >= 15 is 0 Å². The Bertz CT molecular complexity index is 781. The number of nitrogens with one attached hydrogen (secondary N) is 1. The van der Waals surface area contributed by atoms with Crippen LogP contribution in [0.1, 0.15) is 19.5 Å². The lowest BCUT2D eigenvalue weighted by atomic mass is 10.3. The van der Waals surface area contributed by atoms with Crippen LogP contribution in [0.5, 0.6) is 0 Å². The van der Waals surface area contributed by atoms with Crippen LogP contribution in [0.4, 0.5) is 4.79 Å². The van der Waals surface area contributed by atoms with E-state index in [1.165, 1.54) is 0 Å². The van der Waals surface area contributed by atoms with Crippen molar-refractivity contribution in [2.45, 2.75) is 20.4 Å². The van der Waals surface area contributed by atoms with Crippen LogP contribution < -0.4 is 5.32 Å². The van der Waals surface area contributed by atoms with Crippen molar-refractivity contribution in [2.24, 2.45) is 4.99 Å². The second kappa shape index (κ2) is 9.77. The molecule has 150 valence electrons. The summed E-state index contributed by atoms with van der Waals surface area (Å²) < 4.78 is 6.94. The van der Waals surface area contributed by atoms with E-state index in [1.807, 2.05) is 54.2 Å². The van der Waals surface area contributed by atoms with Gasteiger partial charge in [0.05, 0.1) is 24.5 Å². The zero-order valence-corrected chi connectivity index (χ0v) is 16.5. The lowest BCUT2D eigenvalue weighted by Crippen LogP contribution is -2.53. The molecule has 1 aromatic carbocycles. The number of rotatable bonds is 5. The summed E-state index contributed by atoms with van der Waals surface area (Å²) in [5.74, 6) is 0.847. The van der Waals surface area contributed by atoms with Crippen molar-refractivity contribution in [2.75, 3.05) is 39.3 Å². The normalized spacial score (nSPS) is 14.9. The van der Waals surface area contributed by atoms with Gasteiger partial charge in [0.2, 0.25) is 0 Å². The minimum Gasteiger partial charge on any atom is -0.450 e. The van der Waals surface area contributed by atoms with Gasteiger partial charge in [-0.3, -0.25) is 0 Å². The van der Waals surface area contributed by atoms with E-state index in [0.29, 0.717) is 26.2 Å². The molecule has 0 atom stereocenters. The number of nitrogens with zero attached hydrogens (tertiary/aromatic N) is 5. The monoisotopic (exact) mass is 384 g/mol. The first-order chi connectivity index (χ1) is 13.7. The van der Waals surface area contributed by atoms with E-state index in [-0.39, 0.29) is 6.09 Å². The smallest absolute Gasteiger partial charge is 0.409 e. The third-order valence-corrected chi connectivity index (χ3v) is 4.50. The molecule has 0 aliphatic carbocycles. The number of carbonyl (C=O) groups excluding carboxylic acids is 1. The van der Waals surface area contributed by atoms with Crippen LogP contribution in [0.15, 0.2) is 47.6 Å².